The monoisotopic (exact) mass is 396 g/mol. The molecule has 0 aliphatic carbocycles. The van der Waals surface area contributed by atoms with Gasteiger partial charge in [0.25, 0.3) is 0 Å². The zero-order valence-electron chi connectivity index (χ0n) is 16.1. The molecule has 0 bridgehead atoms. The Balaban J connectivity index is 3.50. The molecular formula is C17H36O4S2Si. The van der Waals surface area contributed by atoms with E-state index in [9.17, 15) is 0 Å². The molecule has 0 saturated heterocycles. The Labute approximate surface area is 159 Å². The molecule has 0 aliphatic rings. The molecule has 0 radical (unpaired) electrons. The quantitative estimate of drug-likeness (QED) is 0.213. The number of thioether (sulfide) groups is 1. The van der Waals surface area contributed by atoms with Gasteiger partial charge in [-0.3, -0.25) is 0 Å². The first kappa shape index (κ1) is 24.3. The van der Waals surface area contributed by atoms with Gasteiger partial charge in [-0.05, 0) is 31.0 Å². The molecule has 0 N–H and O–H groups in total. The summed E-state index contributed by atoms with van der Waals surface area (Å²) >= 11 is 6.84. The van der Waals surface area contributed by atoms with E-state index < -0.39 is 8.80 Å². The van der Waals surface area contributed by atoms with Crippen molar-refractivity contribution >= 4 is 37.2 Å². The minimum atomic E-state index is -2.44. The van der Waals surface area contributed by atoms with Crippen LogP contribution in [0.2, 0.25) is 6.04 Å². The van der Waals surface area contributed by atoms with Gasteiger partial charge in [-0.25, -0.2) is 0 Å². The SMILES string of the molecule is CO[Si](CCCSC(=S)OCCCCCCCC(C)C)(OC)OC. The van der Waals surface area contributed by atoms with Gasteiger partial charge in [0.2, 0.25) is 4.38 Å². The highest BCUT2D eigenvalue weighted by atomic mass is 32.2. The maximum Gasteiger partial charge on any atom is 0.500 e. The summed E-state index contributed by atoms with van der Waals surface area (Å²) in [6.07, 6.45) is 8.59. The number of thiocarbonyl (C=S) groups is 1. The first-order valence-electron chi connectivity index (χ1n) is 8.94. The van der Waals surface area contributed by atoms with E-state index in [2.05, 4.69) is 13.8 Å². The molecular weight excluding hydrogens is 360 g/mol. The summed E-state index contributed by atoms with van der Waals surface area (Å²) < 4.78 is 22.4. The fourth-order valence-corrected chi connectivity index (χ4v) is 5.32. The minimum absolute atomic E-state index is 0.648. The normalized spacial score (nSPS) is 11.9. The Kier molecular flexibility index (Phi) is 15.8. The smallest absolute Gasteiger partial charge is 0.479 e. The zero-order valence-corrected chi connectivity index (χ0v) is 18.7. The van der Waals surface area contributed by atoms with Crippen molar-refractivity contribution < 1.29 is 18.0 Å². The van der Waals surface area contributed by atoms with E-state index in [4.69, 9.17) is 30.2 Å². The zero-order chi connectivity index (χ0) is 18.3. The number of hydrogen-bond donors (Lipinski definition) is 0. The van der Waals surface area contributed by atoms with E-state index in [0.717, 1.165) is 37.2 Å². The summed E-state index contributed by atoms with van der Waals surface area (Å²) in [4.78, 5) is 0. The summed E-state index contributed by atoms with van der Waals surface area (Å²) in [7, 11) is 2.48. The van der Waals surface area contributed by atoms with Crippen LogP contribution in [0.4, 0.5) is 0 Å². The average molecular weight is 397 g/mol. The van der Waals surface area contributed by atoms with Crippen LogP contribution in [0.3, 0.4) is 0 Å². The first-order valence-corrected chi connectivity index (χ1v) is 12.3. The van der Waals surface area contributed by atoms with Gasteiger partial charge in [0, 0.05) is 33.1 Å². The molecule has 0 amide bonds. The van der Waals surface area contributed by atoms with Gasteiger partial charge in [-0.1, -0.05) is 57.7 Å². The van der Waals surface area contributed by atoms with Crippen molar-refractivity contribution in [3.8, 4) is 0 Å². The second-order valence-corrected chi connectivity index (χ2v) is 11.1. The molecule has 0 aromatic carbocycles. The standard InChI is InChI=1S/C17H36O4S2Si/c1-16(2)12-9-7-6-8-10-13-21-17(22)23-14-11-15-24(18-3,19-4)20-5/h16H,6-15H2,1-5H3. The van der Waals surface area contributed by atoms with Crippen LogP contribution in [-0.2, 0) is 18.0 Å². The van der Waals surface area contributed by atoms with Crippen LogP contribution in [0.25, 0.3) is 0 Å². The molecule has 0 unspecified atom stereocenters. The highest BCUT2D eigenvalue weighted by Crippen LogP contribution is 2.18. The minimum Gasteiger partial charge on any atom is -0.479 e. The van der Waals surface area contributed by atoms with Crippen molar-refractivity contribution in [3.63, 3.8) is 0 Å². The van der Waals surface area contributed by atoms with E-state index in [0.29, 0.717) is 4.38 Å². The topological polar surface area (TPSA) is 36.9 Å². The van der Waals surface area contributed by atoms with E-state index >= 15 is 0 Å². The van der Waals surface area contributed by atoms with Gasteiger partial charge in [-0.2, -0.15) is 0 Å². The molecule has 0 aromatic heterocycles. The van der Waals surface area contributed by atoms with Gasteiger partial charge in [-0.15, -0.1) is 0 Å². The fourth-order valence-electron chi connectivity index (χ4n) is 2.38. The largest absolute Gasteiger partial charge is 0.500 e. The van der Waals surface area contributed by atoms with Crippen molar-refractivity contribution in [2.45, 2.75) is 64.8 Å². The Bertz CT molecular complexity index is 305. The van der Waals surface area contributed by atoms with E-state index in [1.807, 2.05) is 0 Å². The predicted octanol–water partition coefficient (Wildman–Crippen LogP) is 5.29. The van der Waals surface area contributed by atoms with Crippen molar-refractivity contribution in [2.24, 2.45) is 5.92 Å². The molecule has 0 rings (SSSR count). The van der Waals surface area contributed by atoms with Crippen LogP contribution in [0, 0.1) is 5.92 Å². The van der Waals surface area contributed by atoms with Crippen molar-refractivity contribution in [1.82, 2.24) is 0 Å². The molecule has 7 heteroatoms. The lowest BCUT2D eigenvalue weighted by Crippen LogP contribution is -2.42. The van der Waals surface area contributed by atoms with E-state index in [1.165, 1.54) is 32.1 Å². The number of unbranched alkanes of at least 4 members (excludes halogenated alkanes) is 4. The summed E-state index contributed by atoms with van der Waals surface area (Å²) in [6.45, 7) is 5.31. The molecule has 0 atom stereocenters. The van der Waals surface area contributed by atoms with E-state index in [-0.39, 0.29) is 0 Å². The molecule has 0 aliphatic heterocycles. The fraction of sp³-hybridized carbons (Fsp3) is 0.941. The third-order valence-electron chi connectivity index (χ3n) is 3.93. The lowest BCUT2D eigenvalue weighted by atomic mass is 10.0. The Morgan fingerprint density at radius 1 is 0.917 bits per heavy atom. The third-order valence-corrected chi connectivity index (χ3v) is 8.08. The molecule has 24 heavy (non-hydrogen) atoms. The summed E-state index contributed by atoms with van der Waals surface area (Å²) in [5.74, 6) is 1.73. The average Bonchev–Trinajstić information content (AvgIpc) is 2.58. The van der Waals surface area contributed by atoms with Gasteiger partial charge in [0.15, 0.2) is 0 Å². The molecule has 0 fully saturated rings. The molecule has 0 heterocycles. The van der Waals surface area contributed by atoms with Crippen LogP contribution in [0.5, 0.6) is 0 Å². The summed E-state index contributed by atoms with van der Waals surface area (Å²) in [6, 6.07) is 0.794. The van der Waals surface area contributed by atoms with Crippen LogP contribution >= 0.6 is 24.0 Å². The van der Waals surface area contributed by atoms with Crippen molar-refractivity contribution in [1.29, 1.82) is 0 Å². The van der Waals surface area contributed by atoms with Crippen LogP contribution in [-0.4, -0.2) is 46.9 Å². The lowest BCUT2D eigenvalue weighted by molar-refractivity contribution is 0.123. The highest BCUT2D eigenvalue weighted by Gasteiger charge is 2.36. The maximum absolute atomic E-state index is 5.61. The van der Waals surface area contributed by atoms with Crippen LogP contribution in [0.15, 0.2) is 0 Å². The molecule has 0 aromatic rings. The second-order valence-electron chi connectivity index (χ2n) is 6.30. The number of ether oxygens (including phenoxy) is 1. The van der Waals surface area contributed by atoms with Gasteiger partial charge in [0.1, 0.15) is 0 Å². The van der Waals surface area contributed by atoms with Crippen molar-refractivity contribution in [2.75, 3.05) is 33.7 Å². The Hall–Kier alpha value is 0.337. The van der Waals surface area contributed by atoms with Crippen LogP contribution < -0.4 is 0 Å². The highest BCUT2D eigenvalue weighted by molar-refractivity contribution is 8.22. The first-order chi connectivity index (χ1) is 11.5. The molecule has 0 saturated carbocycles. The third kappa shape index (κ3) is 12.7. The molecule has 4 nitrogen and oxygen atoms in total. The molecule has 144 valence electrons. The van der Waals surface area contributed by atoms with Crippen LogP contribution in [0.1, 0.15) is 58.8 Å². The summed E-state index contributed by atoms with van der Waals surface area (Å²) in [5.41, 5.74) is 0. The number of hydrogen-bond acceptors (Lipinski definition) is 6. The summed E-state index contributed by atoms with van der Waals surface area (Å²) in [5, 5.41) is 0. The predicted molar refractivity (Wildman–Crippen MR) is 110 cm³/mol. The Morgan fingerprint density at radius 3 is 2.08 bits per heavy atom. The van der Waals surface area contributed by atoms with Gasteiger partial charge >= 0.3 is 8.80 Å². The van der Waals surface area contributed by atoms with E-state index in [1.54, 1.807) is 33.1 Å². The van der Waals surface area contributed by atoms with Crippen molar-refractivity contribution in [3.05, 3.63) is 0 Å². The molecule has 0 spiro atoms. The van der Waals surface area contributed by atoms with Gasteiger partial charge in [0.05, 0.1) is 6.61 Å². The van der Waals surface area contributed by atoms with Gasteiger partial charge < -0.3 is 18.0 Å². The number of rotatable bonds is 15. The maximum atomic E-state index is 5.61. The lowest BCUT2D eigenvalue weighted by Gasteiger charge is -2.24. The second kappa shape index (κ2) is 15.6. The Morgan fingerprint density at radius 2 is 1.50 bits per heavy atom.